The van der Waals surface area contributed by atoms with Gasteiger partial charge in [0.1, 0.15) is 5.75 Å². The van der Waals surface area contributed by atoms with Crippen LogP contribution in [0.5, 0.6) is 5.75 Å². The van der Waals surface area contributed by atoms with E-state index in [9.17, 15) is 4.79 Å². The molecule has 0 spiro atoms. The molecule has 1 aliphatic rings. The molecule has 0 aliphatic carbocycles. The monoisotopic (exact) mass is 262 g/mol. The topological polar surface area (TPSA) is 50.4 Å². The summed E-state index contributed by atoms with van der Waals surface area (Å²) in [4.78, 5) is 11.1. The Labute approximate surface area is 114 Å². The van der Waals surface area contributed by atoms with Crippen molar-refractivity contribution in [3.8, 4) is 5.75 Å². The highest BCUT2D eigenvalue weighted by molar-refractivity contribution is 5.78. The lowest BCUT2D eigenvalue weighted by Gasteiger charge is -2.18. The lowest BCUT2D eigenvalue weighted by molar-refractivity contribution is -0.119. The number of hydrogen-bond acceptors (Lipinski definition) is 3. The first-order valence-electron chi connectivity index (χ1n) is 6.94. The summed E-state index contributed by atoms with van der Waals surface area (Å²) in [7, 11) is 0. The van der Waals surface area contributed by atoms with Crippen LogP contribution in [0.25, 0.3) is 0 Å². The fourth-order valence-corrected chi connectivity index (χ4v) is 2.25. The van der Waals surface area contributed by atoms with Crippen LogP contribution in [0.15, 0.2) is 24.3 Å². The SMILES string of the molecule is CCCOc1ccc(C(C)NC2CNC(=O)C2)cc1. The average Bonchev–Trinajstić information content (AvgIpc) is 2.82. The second-order valence-corrected chi connectivity index (χ2v) is 5.01. The summed E-state index contributed by atoms with van der Waals surface area (Å²) in [5, 5.41) is 6.30. The van der Waals surface area contributed by atoms with Gasteiger partial charge in [-0.05, 0) is 31.0 Å². The van der Waals surface area contributed by atoms with E-state index in [4.69, 9.17) is 4.74 Å². The molecule has 4 nitrogen and oxygen atoms in total. The van der Waals surface area contributed by atoms with Crippen molar-refractivity contribution in [1.29, 1.82) is 0 Å². The van der Waals surface area contributed by atoms with Gasteiger partial charge in [0.25, 0.3) is 0 Å². The van der Waals surface area contributed by atoms with Gasteiger partial charge in [0.2, 0.25) is 5.91 Å². The van der Waals surface area contributed by atoms with Crippen molar-refractivity contribution in [2.24, 2.45) is 0 Å². The van der Waals surface area contributed by atoms with Crippen molar-refractivity contribution in [2.45, 2.75) is 38.8 Å². The number of benzene rings is 1. The van der Waals surface area contributed by atoms with Crippen LogP contribution in [0.3, 0.4) is 0 Å². The highest BCUT2D eigenvalue weighted by Gasteiger charge is 2.22. The summed E-state index contributed by atoms with van der Waals surface area (Å²) >= 11 is 0. The van der Waals surface area contributed by atoms with E-state index in [1.807, 2.05) is 12.1 Å². The number of hydrogen-bond donors (Lipinski definition) is 2. The van der Waals surface area contributed by atoms with Crippen LogP contribution in [0.2, 0.25) is 0 Å². The minimum Gasteiger partial charge on any atom is -0.494 e. The molecule has 0 radical (unpaired) electrons. The second kappa shape index (κ2) is 6.57. The van der Waals surface area contributed by atoms with Crippen molar-refractivity contribution in [2.75, 3.05) is 13.2 Å². The number of amides is 1. The summed E-state index contributed by atoms with van der Waals surface area (Å²) in [6, 6.07) is 8.62. The summed E-state index contributed by atoms with van der Waals surface area (Å²) in [6.07, 6.45) is 1.59. The Morgan fingerprint density at radius 3 is 2.74 bits per heavy atom. The molecule has 0 aromatic heterocycles. The largest absolute Gasteiger partial charge is 0.494 e. The Morgan fingerprint density at radius 1 is 1.42 bits per heavy atom. The Kier molecular flexibility index (Phi) is 4.80. The first kappa shape index (κ1) is 13.9. The predicted molar refractivity (Wildman–Crippen MR) is 75.2 cm³/mol. The van der Waals surface area contributed by atoms with Crippen LogP contribution in [0.4, 0.5) is 0 Å². The van der Waals surface area contributed by atoms with E-state index in [-0.39, 0.29) is 18.0 Å². The smallest absolute Gasteiger partial charge is 0.221 e. The van der Waals surface area contributed by atoms with Crippen LogP contribution in [0.1, 0.15) is 38.3 Å². The molecule has 1 aromatic rings. The van der Waals surface area contributed by atoms with Gasteiger partial charge in [-0.15, -0.1) is 0 Å². The molecule has 4 heteroatoms. The fourth-order valence-electron chi connectivity index (χ4n) is 2.25. The van der Waals surface area contributed by atoms with Crippen molar-refractivity contribution in [3.05, 3.63) is 29.8 Å². The molecule has 1 fully saturated rings. The van der Waals surface area contributed by atoms with Crippen LogP contribution in [-0.2, 0) is 4.79 Å². The average molecular weight is 262 g/mol. The lowest BCUT2D eigenvalue weighted by Crippen LogP contribution is -2.33. The Bertz CT molecular complexity index is 417. The molecule has 104 valence electrons. The maximum atomic E-state index is 11.1. The van der Waals surface area contributed by atoms with Gasteiger partial charge in [0.05, 0.1) is 6.61 Å². The quantitative estimate of drug-likeness (QED) is 0.824. The number of rotatable bonds is 6. The number of carbonyl (C=O) groups excluding carboxylic acids is 1. The zero-order valence-electron chi connectivity index (χ0n) is 11.6. The fraction of sp³-hybridized carbons (Fsp3) is 0.533. The van der Waals surface area contributed by atoms with Crippen molar-refractivity contribution in [3.63, 3.8) is 0 Å². The third kappa shape index (κ3) is 3.96. The van der Waals surface area contributed by atoms with Gasteiger partial charge in [0, 0.05) is 25.0 Å². The third-order valence-electron chi connectivity index (χ3n) is 3.32. The predicted octanol–water partition coefficient (Wildman–Crippen LogP) is 2.01. The van der Waals surface area contributed by atoms with Gasteiger partial charge in [-0.3, -0.25) is 4.79 Å². The molecule has 2 N–H and O–H groups in total. The minimum absolute atomic E-state index is 0.132. The van der Waals surface area contributed by atoms with E-state index in [0.29, 0.717) is 6.42 Å². The normalized spacial score (nSPS) is 20.1. The zero-order valence-corrected chi connectivity index (χ0v) is 11.6. The van der Waals surface area contributed by atoms with Crippen molar-refractivity contribution >= 4 is 5.91 Å². The molecule has 1 amide bonds. The van der Waals surface area contributed by atoms with E-state index in [1.165, 1.54) is 5.56 Å². The molecule has 2 rings (SSSR count). The highest BCUT2D eigenvalue weighted by atomic mass is 16.5. The molecule has 19 heavy (non-hydrogen) atoms. The molecule has 1 aliphatic heterocycles. The van der Waals surface area contributed by atoms with Gasteiger partial charge in [-0.2, -0.15) is 0 Å². The van der Waals surface area contributed by atoms with Crippen LogP contribution >= 0.6 is 0 Å². The maximum Gasteiger partial charge on any atom is 0.221 e. The third-order valence-corrected chi connectivity index (χ3v) is 3.32. The zero-order chi connectivity index (χ0) is 13.7. The van der Waals surface area contributed by atoms with Crippen molar-refractivity contribution < 1.29 is 9.53 Å². The number of ether oxygens (including phenoxy) is 1. The van der Waals surface area contributed by atoms with Gasteiger partial charge < -0.3 is 15.4 Å². The number of carbonyl (C=O) groups is 1. The second-order valence-electron chi connectivity index (χ2n) is 5.01. The van der Waals surface area contributed by atoms with Gasteiger partial charge in [0.15, 0.2) is 0 Å². The molecule has 1 aromatic carbocycles. The Balaban J connectivity index is 1.88. The van der Waals surface area contributed by atoms with Gasteiger partial charge >= 0.3 is 0 Å². The maximum absolute atomic E-state index is 11.1. The first-order chi connectivity index (χ1) is 9.19. The molecule has 1 heterocycles. The number of nitrogens with one attached hydrogen (secondary N) is 2. The summed E-state index contributed by atoms with van der Waals surface area (Å²) in [5.41, 5.74) is 1.21. The Morgan fingerprint density at radius 2 is 2.16 bits per heavy atom. The summed E-state index contributed by atoms with van der Waals surface area (Å²) in [5.74, 6) is 1.04. The van der Waals surface area contributed by atoms with E-state index in [2.05, 4.69) is 36.6 Å². The van der Waals surface area contributed by atoms with E-state index < -0.39 is 0 Å². The van der Waals surface area contributed by atoms with Crippen LogP contribution in [0, 0.1) is 0 Å². The van der Waals surface area contributed by atoms with E-state index >= 15 is 0 Å². The summed E-state index contributed by atoms with van der Waals surface area (Å²) in [6.45, 7) is 5.69. The minimum atomic E-state index is 0.132. The van der Waals surface area contributed by atoms with Crippen LogP contribution < -0.4 is 15.4 Å². The van der Waals surface area contributed by atoms with Gasteiger partial charge in [-0.25, -0.2) is 0 Å². The molecular formula is C15H22N2O2. The Hall–Kier alpha value is -1.55. The van der Waals surface area contributed by atoms with Crippen molar-refractivity contribution in [1.82, 2.24) is 10.6 Å². The first-order valence-corrected chi connectivity index (χ1v) is 6.94. The highest BCUT2D eigenvalue weighted by Crippen LogP contribution is 2.19. The summed E-state index contributed by atoms with van der Waals surface area (Å²) < 4.78 is 5.56. The van der Waals surface area contributed by atoms with E-state index in [0.717, 1.165) is 25.3 Å². The molecule has 0 saturated carbocycles. The van der Waals surface area contributed by atoms with Gasteiger partial charge in [-0.1, -0.05) is 19.1 Å². The lowest BCUT2D eigenvalue weighted by atomic mass is 10.1. The molecule has 0 bridgehead atoms. The molecule has 1 saturated heterocycles. The molecule has 2 atom stereocenters. The van der Waals surface area contributed by atoms with E-state index in [1.54, 1.807) is 0 Å². The molecule has 2 unspecified atom stereocenters. The molecular weight excluding hydrogens is 240 g/mol. The van der Waals surface area contributed by atoms with Crippen LogP contribution in [-0.4, -0.2) is 25.1 Å². The standard InChI is InChI=1S/C15H22N2O2/c1-3-8-19-14-6-4-12(5-7-14)11(2)17-13-9-15(18)16-10-13/h4-7,11,13,17H,3,8-10H2,1-2H3,(H,16,18).